The second kappa shape index (κ2) is 7.34. The molecule has 3 nitrogen and oxygen atoms in total. The largest absolute Gasteiger partial charge is 0.380 e. The summed E-state index contributed by atoms with van der Waals surface area (Å²) in [5.74, 6) is 0.870. The van der Waals surface area contributed by atoms with Crippen molar-refractivity contribution in [2.45, 2.75) is 39.5 Å². The van der Waals surface area contributed by atoms with Crippen molar-refractivity contribution >= 4 is 0 Å². The minimum Gasteiger partial charge on any atom is -0.380 e. The Bertz CT molecular complexity index is 206. The molecule has 0 aromatic carbocycles. The van der Waals surface area contributed by atoms with Gasteiger partial charge in [-0.3, -0.25) is 0 Å². The van der Waals surface area contributed by atoms with Crippen molar-refractivity contribution in [1.29, 1.82) is 0 Å². The maximum absolute atomic E-state index is 5.89. The smallest absolute Gasteiger partial charge is 0.0593 e. The molecule has 2 N–H and O–H groups in total. The summed E-state index contributed by atoms with van der Waals surface area (Å²) in [6.07, 6.45) is 5.16. The van der Waals surface area contributed by atoms with Crippen LogP contribution in [-0.4, -0.2) is 44.8 Å². The Morgan fingerprint density at radius 2 is 2.12 bits per heavy atom. The highest BCUT2D eigenvalue weighted by atomic mass is 16.5. The van der Waals surface area contributed by atoms with Gasteiger partial charge in [0.25, 0.3) is 0 Å². The van der Waals surface area contributed by atoms with Crippen LogP contribution in [0.5, 0.6) is 0 Å². The van der Waals surface area contributed by atoms with Gasteiger partial charge in [-0.05, 0) is 44.2 Å². The zero-order valence-electron chi connectivity index (χ0n) is 11.9. The van der Waals surface area contributed by atoms with E-state index in [1.165, 1.54) is 25.7 Å². The first kappa shape index (κ1) is 14.9. The maximum Gasteiger partial charge on any atom is 0.0593 e. The molecule has 1 fully saturated rings. The van der Waals surface area contributed by atoms with Gasteiger partial charge >= 0.3 is 0 Å². The van der Waals surface area contributed by atoms with E-state index in [1.807, 2.05) is 0 Å². The summed E-state index contributed by atoms with van der Waals surface area (Å²) in [5, 5.41) is 0. The molecule has 3 heteroatoms. The molecular weight excluding hydrogens is 212 g/mol. The van der Waals surface area contributed by atoms with Crippen LogP contribution < -0.4 is 5.73 Å². The number of hydrogen-bond donors (Lipinski definition) is 1. The van der Waals surface area contributed by atoms with Crippen LogP contribution in [0.2, 0.25) is 0 Å². The molecule has 0 heterocycles. The van der Waals surface area contributed by atoms with Crippen LogP contribution in [-0.2, 0) is 4.74 Å². The molecule has 0 aliphatic heterocycles. The number of rotatable bonds is 10. The van der Waals surface area contributed by atoms with Crippen molar-refractivity contribution in [1.82, 2.24) is 4.90 Å². The number of nitrogens with two attached hydrogens (primary N) is 1. The SMILES string of the molecule is CCCC(C)(CN)CN(C)CCOCC1CC1. The van der Waals surface area contributed by atoms with Gasteiger partial charge < -0.3 is 15.4 Å². The molecule has 0 radical (unpaired) electrons. The van der Waals surface area contributed by atoms with Crippen molar-refractivity contribution < 1.29 is 4.74 Å². The number of likely N-dealkylation sites (N-methyl/N-ethyl adjacent to an activating group) is 1. The van der Waals surface area contributed by atoms with Crippen molar-refractivity contribution in [2.24, 2.45) is 17.1 Å². The highest BCUT2D eigenvalue weighted by Gasteiger charge is 2.23. The monoisotopic (exact) mass is 242 g/mol. The summed E-state index contributed by atoms with van der Waals surface area (Å²) in [5.41, 5.74) is 6.15. The maximum atomic E-state index is 5.89. The Labute approximate surface area is 107 Å². The van der Waals surface area contributed by atoms with Gasteiger partial charge in [0, 0.05) is 19.7 Å². The number of hydrogen-bond acceptors (Lipinski definition) is 3. The van der Waals surface area contributed by atoms with Crippen LogP contribution in [0, 0.1) is 11.3 Å². The second-order valence-corrected chi connectivity index (χ2v) is 6.02. The van der Waals surface area contributed by atoms with E-state index in [0.29, 0.717) is 0 Å². The van der Waals surface area contributed by atoms with Crippen LogP contribution in [0.15, 0.2) is 0 Å². The van der Waals surface area contributed by atoms with Crippen LogP contribution in [0.1, 0.15) is 39.5 Å². The summed E-state index contributed by atoms with van der Waals surface area (Å²) >= 11 is 0. The van der Waals surface area contributed by atoms with E-state index in [1.54, 1.807) is 0 Å². The van der Waals surface area contributed by atoms with Gasteiger partial charge in [0.2, 0.25) is 0 Å². The summed E-state index contributed by atoms with van der Waals surface area (Å²) in [7, 11) is 2.17. The van der Waals surface area contributed by atoms with E-state index in [9.17, 15) is 0 Å². The fraction of sp³-hybridized carbons (Fsp3) is 1.00. The zero-order valence-corrected chi connectivity index (χ0v) is 11.9. The van der Waals surface area contributed by atoms with Gasteiger partial charge in [-0.25, -0.2) is 0 Å². The number of nitrogens with zero attached hydrogens (tertiary/aromatic N) is 1. The third-order valence-electron chi connectivity index (χ3n) is 3.67. The normalized spacial score (nSPS) is 19.6. The number of ether oxygens (including phenoxy) is 1. The lowest BCUT2D eigenvalue weighted by Gasteiger charge is -2.32. The fourth-order valence-corrected chi connectivity index (χ4v) is 2.33. The molecule has 0 saturated heterocycles. The molecule has 17 heavy (non-hydrogen) atoms. The van der Waals surface area contributed by atoms with Crippen LogP contribution in [0.25, 0.3) is 0 Å². The molecule has 0 bridgehead atoms. The molecule has 1 aliphatic carbocycles. The molecule has 102 valence electrons. The molecule has 0 amide bonds. The predicted octanol–water partition coefficient (Wildman–Crippen LogP) is 2.11. The Kier molecular flexibility index (Phi) is 6.45. The first-order valence-corrected chi connectivity index (χ1v) is 7.06. The Hall–Kier alpha value is -0.120. The van der Waals surface area contributed by atoms with E-state index < -0.39 is 0 Å². The minimum absolute atomic E-state index is 0.264. The van der Waals surface area contributed by atoms with Crippen LogP contribution >= 0.6 is 0 Å². The Balaban J connectivity index is 2.10. The molecule has 0 aromatic heterocycles. The third-order valence-corrected chi connectivity index (χ3v) is 3.67. The summed E-state index contributed by atoms with van der Waals surface area (Å²) in [6, 6.07) is 0. The summed E-state index contributed by atoms with van der Waals surface area (Å²) in [6.45, 7) is 9.21. The van der Waals surface area contributed by atoms with Gasteiger partial charge in [0.15, 0.2) is 0 Å². The quantitative estimate of drug-likeness (QED) is 0.596. The van der Waals surface area contributed by atoms with E-state index in [-0.39, 0.29) is 5.41 Å². The Morgan fingerprint density at radius 1 is 1.41 bits per heavy atom. The topological polar surface area (TPSA) is 38.5 Å². The van der Waals surface area contributed by atoms with Gasteiger partial charge in [-0.1, -0.05) is 20.3 Å². The van der Waals surface area contributed by atoms with Crippen LogP contribution in [0.3, 0.4) is 0 Å². The van der Waals surface area contributed by atoms with Crippen molar-refractivity contribution in [3.05, 3.63) is 0 Å². The van der Waals surface area contributed by atoms with Crippen molar-refractivity contribution in [2.75, 3.05) is 39.9 Å². The fourth-order valence-electron chi connectivity index (χ4n) is 2.33. The molecule has 1 rings (SSSR count). The highest BCUT2D eigenvalue weighted by molar-refractivity contribution is 4.78. The van der Waals surface area contributed by atoms with Gasteiger partial charge in [0.05, 0.1) is 6.61 Å². The van der Waals surface area contributed by atoms with E-state index >= 15 is 0 Å². The molecule has 1 aliphatic rings. The summed E-state index contributed by atoms with van der Waals surface area (Å²) < 4.78 is 5.66. The zero-order chi connectivity index (χ0) is 12.7. The third kappa shape index (κ3) is 6.39. The van der Waals surface area contributed by atoms with E-state index in [4.69, 9.17) is 10.5 Å². The minimum atomic E-state index is 0.264. The van der Waals surface area contributed by atoms with Gasteiger partial charge in [0.1, 0.15) is 0 Å². The van der Waals surface area contributed by atoms with Crippen molar-refractivity contribution in [3.63, 3.8) is 0 Å². The molecular formula is C14H30N2O. The first-order chi connectivity index (χ1) is 8.09. The lowest BCUT2D eigenvalue weighted by atomic mass is 9.85. The van der Waals surface area contributed by atoms with Gasteiger partial charge in [-0.15, -0.1) is 0 Å². The molecule has 1 unspecified atom stereocenters. The molecule has 1 atom stereocenters. The van der Waals surface area contributed by atoms with E-state index in [0.717, 1.165) is 38.8 Å². The lowest BCUT2D eigenvalue weighted by Crippen LogP contribution is -2.40. The summed E-state index contributed by atoms with van der Waals surface area (Å²) in [4.78, 5) is 2.36. The second-order valence-electron chi connectivity index (χ2n) is 6.02. The van der Waals surface area contributed by atoms with Gasteiger partial charge in [-0.2, -0.15) is 0 Å². The predicted molar refractivity (Wildman–Crippen MR) is 73.1 cm³/mol. The average Bonchev–Trinajstić information content (AvgIpc) is 3.08. The van der Waals surface area contributed by atoms with Crippen LogP contribution in [0.4, 0.5) is 0 Å². The molecule has 0 spiro atoms. The lowest BCUT2D eigenvalue weighted by molar-refractivity contribution is 0.0888. The molecule has 0 aromatic rings. The Morgan fingerprint density at radius 3 is 2.65 bits per heavy atom. The first-order valence-electron chi connectivity index (χ1n) is 7.06. The molecule has 1 saturated carbocycles. The average molecular weight is 242 g/mol. The van der Waals surface area contributed by atoms with E-state index in [2.05, 4.69) is 25.8 Å². The van der Waals surface area contributed by atoms with Crippen molar-refractivity contribution in [3.8, 4) is 0 Å². The highest BCUT2D eigenvalue weighted by Crippen LogP contribution is 2.28. The standard InChI is InChI=1S/C14H30N2O/c1-4-7-14(2,11-15)12-16(3)8-9-17-10-13-5-6-13/h13H,4-12,15H2,1-3H3.